The first-order valence-electron chi connectivity index (χ1n) is 10.7. The lowest BCUT2D eigenvalue weighted by molar-refractivity contribution is -0.132. The highest BCUT2D eigenvalue weighted by Crippen LogP contribution is 2.09. The number of carbonyl (C=O) groups excluding carboxylic acids is 2. The average molecular weight is 413 g/mol. The molecule has 30 heavy (non-hydrogen) atoms. The molecule has 1 fully saturated rings. The van der Waals surface area contributed by atoms with Gasteiger partial charge >= 0.3 is 0 Å². The molecule has 1 aromatic heterocycles. The lowest BCUT2D eigenvalue weighted by Gasteiger charge is -2.34. The van der Waals surface area contributed by atoms with Crippen molar-refractivity contribution < 1.29 is 9.59 Å². The van der Waals surface area contributed by atoms with Gasteiger partial charge < -0.3 is 10.2 Å². The number of benzene rings is 1. The SMILES string of the molecule is Cc1ccc(CCC(=O)N2CCN(CCn3cc(C(=O)NC(C)C)nn3)CC2)cc1. The fourth-order valence-electron chi connectivity index (χ4n) is 3.48. The van der Waals surface area contributed by atoms with Crippen LogP contribution in [-0.2, 0) is 17.8 Å². The summed E-state index contributed by atoms with van der Waals surface area (Å²) in [6.07, 6.45) is 3.03. The smallest absolute Gasteiger partial charge is 0.273 e. The summed E-state index contributed by atoms with van der Waals surface area (Å²) < 4.78 is 1.70. The van der Waals surface area contributed by atoms with Crippen molar-refractivity contribution in [1.29, 1.82) is 0 Å². The average Bonchev–Trinajstić information content (AvgIpc) is 3.21. The van der Waals surface area contributed by atoms with Crippen molar-refractivity contribution in [3.05, 3.63) is 47.3 Å². The Morgan fingerprint density at radius 3 is 2.43 bits per heavy atom. The van der Waals surface area contributed by atoms with Crippen molar-refractivity contribution >= 4 is 11.8 Å². The van der Waals surface area contributed by atoms with Crippen molar-refractivity contribution in [1.82, 2.24) is 30.1 Å². The Bertz CT molecular complexity index is 838. The molecule has 1 saturated heterocycles. The van der Waals surface area contributed by atoms with Gasteiger partial charge in [0.2, 0.25) is 5.91 Å². The summed E-state index contributed by atoms with van der Waals surface area (Å²) in [7, 11) is 0. The predicted molar refractivity (Wildman–Crippen MR) is 115 cm³/mol. The highest BCUT2D eigenvalue weighted by molar-refractivity contribution is 5.91. The minimum atomic E-state index is -0.200. The van der Waals surface area contributed by atoms with Crippen LogP contribution in [0.2, 0.25) is 0 Å². The molecule has 0 radical (unpaired) electrons. The number of aromatic nitrogens is 3. The predicted octanol–water partition coefficient (Wildman–Crippen LogP) is 1.50. The van der Waals surface area contributed by atoms with Gasteiger partial charge in [-0.1, -0.05) is 35.0 Å². The van der Waals surface area contributed by atoms with Gasteiger partial charge in [-0.15, -0.1) is 5.10 Å². The summed E-state index contributed by atoms with van der Waals surface area (Å²) in [4.78, 5) is 28.8. The van der Waals surface area contributed by atoms with Crippen LogP contribution >= 0.6 is 0 Å². The van der Waals surface area contributed by atoms with Gasteiger partial charge in [0.15, 0.2) is 5.69 Å². The van der Waals surface area contributed by atoms with Crippen molar-refractivity contribution in [3.63, 3.8) is 0 Å². The van der Waals surface area contributed by atoms with Crippen LogP contribution in [-0.4, -0.2) is 75.4 Å². The van der Waals surface area contributed by atoms with Crippen LogP contribution in [0, 0.1) is 6.92 Å². The van der Waals surface area contributed by atoms with Crippen LogP contribution in [0.15, 0.2) is 30.5 Å². The summed E-state index contributed by atoms with van der Waals surface area (Å²) in [5, 5.41) is 10.8. The Morgan fingerprint density at radius 1 is 1.07 bits per heavy atom. The number of hydrogen-bond acceptors (Lipinski definition) is 5. The van der Waals surface area contributed by atoms with Crippen molar-refractivity contribution in [3.8, 4) is 0 Å². The van der Waals surface area contributed by atoms with E-state index in [2.05, 4.69) is 51.7 Å². The molecule has 8 nitrogen and oxygen atoms in total. The Labute approximate surface area is 178 Å². The number of nitrogens with zero attached hydrogens (tertiary/aromatic N) is 5. The summed E-state index contributed by atoms with van der Waals surface area (Å²) in [5.74, 6) is 0.0290. The molecule has 2 heterocycles. The molecule has 0 bridgehead atoms. The van der Waals surface area contributed by atoms with Crippen molar-refractivity contribution in [2.75, 3.05) is 32.7 Å². The highest BCUT2D eigenvalue weighted by atomic mass is 16.2. The molecule has 0 spiro atoms. The fraction of sp³-hybridized carbons (Fsp3) is 0.545. The molecule has 8 heteroatoms. The number of nitrogens with one attached hydrogen (secondary N) is 1. The van der Waals surface area contributed by atoms with Crippen LogP contribution in [0.3, 0.4) is 0 Å². The first kappa shape index (κ1) is 22.0. The summed E-state index contributed by atoms with van der Waals surface area (Å²) >= 11 is 0. The van der Waals surface area contributed by atoms with E-state index in [-0.39, 0.29) is 17.9 Å². The first-order chi connectivity index (χ1) is 14.4. The Hall–Kier alpha value is -2.74. The van der Waals surface area contributed by atoms with Crippen LogP contribution in [0.1, 0.15) is 41.9 Å². The quantitative estimate of drug-likeness (QED) is 0.710. The van der Waals surface area contributed by atoms with E-state index in [4.69, 9.17) is 0 Å². The zero-order valence-electron chi connectivity index (χ0n) is 18.2. The normalized spacial score (nSPS) is 14.9. The monoisotopic (exact) mass is 412 g/mol. The van der Waals surface area contributed by atoms with E-state index in [0.717, 1.165) is 39.1 Å². The Balaban J connectivity index is 1.37. The maximum absolute atomic E-state index is 12.5. The molecule has 3 rings (SSSR count). The van der Waals surface area contributed by atoms with Gasteiger partial charge in [0.1, 0.15) is 0 Å². The van der Waals surface area contributed by atoms with E-state index in [1.54, 1.807) is 10.9 Å². The molecule has 2 aromatic rings. The third-order valence-corrected chi connectivity index (χ3v) is 5.31. The van der Waals surface area contributed by atoms with Crippen LogP contribution in [0.5, 0.6) is 0 Å². The number of hydrogen-bond donors (Lipinski definition) is 1. The molecule has 2 amide bonds. The summed E-state index contributed by atoms with van der Waals surface area (Å²) in [6, 6.07) is 8.45. The molecule has 1 aromatic carbocycles. The van der Waals surface area contributed by atoms with E-state index in [9.17, 15) is 9.59 Å². The van der Waals surface area contributed by atoms with Gasteiger partial charge in [-0.05, 0) is 32.8 Å². The zero-order chi connectivity index (χ0) is 21.5. The number of piperazine rings is 1. The van der Waals surface area contributed by atoms with Gasteiger partial charge in [-0.3, -0.25) is 19.2 Å². The second-order valence-corrected chi connectivity index (χ2v) is 8.20. The second-order valence-electron chi connectivity index (χ2n) is 8.20. The molecule has 0 aliphatic carbocycles. The number of rotatable bonds is 8. The summed E-state index contributed by atoms with van der Waals surface area (Å²) in [6.45, 7) is 10.6. The molecule has 1 aliphatic rings. The number of amides is 2. The third-order valence-electron chi connectivity index (χ3n) is 5.31. The first-order valence-corrected chi connectivity index (χ1v) is 10.7. The highest BCUT2D eigenvalue weighted by Gasteiger charge is 2.21. The molecule has 0 atom stereocenters. The van der Waals surface area contributed by atoms with E-state index < -0.39 is 0 Å². The van der Waals surface area contributed by atoms with Crippen LogP contribution in [0.4, 0.5) is 0 Å². The van der Waals surface area contributed by atoms with Gasteiger partial charge in [0, 0.05) is 45.2 Å². The van der Waals surface area contributed by atoms with Crippen molar-refractivity contribution in [2.24, 2.45) is 0 Å². The fourth-order valence-corrected chi connectivity index (χ4v) is 3.48. The lowest BCUT2D eigenvalue weighted by Crippen LogP contribution is -2.49. The molecule has 0 unspecified atom stereocenters. The van der Waals surface area contributed by atoms with E-state index in [0.29, 0.717) is 18.7 Å². The maximum Gasteiger partial charge on any atom is 0.273 e. The molecule has 162 valence electrons. The summed E-state index contributed by atoms with van der Waals surface area (Å²) in [5.41, 5.74) is 2.79. The molecular formula is C22H32N6O2. The van der Waals surface area contributed by atoms with E-state index >= 15 is 0 Å². The maximum atomic E-state index is 12.5. The number of carbonyl (C=O) groups is 2. The second kappa shape index (κ2) is 10.3. The molecule has 0 saturated carbocycles. The Morgan fingerprint density at radius 2 is 1.77 bits per heavy atom. The van der Waals surface area contributed by atoms with Gasteiger partial charge in [-0.25, -0.2) is 0 Å². The van der Waals surface area contributed by atoms with Gasteiger partial charge in [-0.2, -0.15) is 0 Å². The molecular weight excluding hydrogens is 380 g/mol. The van der Waals surface area contributed by atoms with Crippen LogP contribution < -0.4 is 5.32 Å². The minimum Gasteiger partial charge on any atom is -0.348 e. The topological polar surface area (TPSA) is 83.4 Å². The lowest BCUT2D eigenvalue weighted by atomic mass is 10.1. The van der Waals surface area contributed by atoms with Gasteiger partial charge in [0.05, 0.1) is 12.7 Å². The largest absolute Gasteiger partial charge is 0.348 e. The Kier molecular flexibility index (Phi) is 7.57. The van der Waals surface area contributed by atoms with Crippen LogP contribution in [0.25, 0.3) is 0 Å². The van der Waals surface area contributed by atoms with Gasteiger partial charge in [0.25, 0.3) is 5.91 Å². The molecule has 1 aliphatic heterocycles. The standard InChI is InChI=1S/C22H32N6O2/c1-17(2)23-22(30)20-16-28(25-24-20)15-12-26-10-13-27(14-11-26)21(29)9-8-19-6-4-18(3)5-7-19/h4-7,16-17H,8-15H2,1-3H3,(H,23,30). The van der Waals surface area contributed by atoms with E-state index in [1.807, 2.05) is 18.7 Å². The molecule has 1 N–H and O–H groups in total. The third kappa shape index (κ3) is 6.38. The zero-order valence-corrected chi connectivity index (χ0v) is 18.2. The minimum absolute atomic E-state index is 0.0681. The van der Waals surface area contributed by atoms with Crippen molar-refractivity contribution in [2.45, 2.75) is 46.2 Å². The van der Waals surface area contributed by atoms with E-state index in [1.165, 1.54) is 11.1 Å². The number of aryl methyl sites for hydroxylation is 2.